The van der Waals surface area contributed by atoms with E-state index in [9.17, 15) is 9.90 Å². The third kappa shape index (κ3) is 3.57. The largest absolute Gasteiger partial charge is 0.438 e. The first-order chi connectivity index (χ1) is 11.0. The number of oxazole rings is 1. The molecule has 6 heteroatoms. The van der Waals surface area contributed by atoms with E-state index in [-0.39, 0.29) is 18.4 Å². The van der Waals surface area contributed by atoms with Crippen molar-refractivity contribution in [1.29, 1.82) is 0 Å². The number of aryl methyl sites for hydroxylation is 1. The summed E-state index contributed by atoms with van der Waals surface area (Å²) in [5, 5.41) is 13.2. The molecule has 2 aromatic rings. The summed E-state index contributed by atoms with van der Waals surface area (Å²) in [6.07, 6.45) is 1.77. The molecule has 1 aromatic heterocycles. The summed E-state index contributed by atoms with van der Waals surface area (Å²) in [5.41, 5.74) is 1.65. The second-order valence-electron chi connectivity index (χ2n) is 5.85. The van der Waals surface area contributed by atoms with Crippen molar-refractivity contribution in [3.05, 3.63) is 40.9 Å². The number of nitrogens with one attached hydrogen (secondary N) is 1. The maximum Gasteiger partial charge on any atom is 0.226 e. The third-order valence-corrected chi connectivity index (χ3v) is 4.43. The number of rotatable bonds is 4. The fraction of sp³-hybridized carbons (Fsp3) is 0.412. The lowest BCUT2D eigenvalue weighted by Crippen LogP contribution is -2.34. The van der Waals surface area contributed by atoms with E-state index in [1.54, 1.807) is 12.1 Å². The molecule has 2 atom stereocenters. The first-order valence-electron chi connectivity index (χ1n) is 7.72. The molecule has 0 radical (unpaired) electrons. The summed E-state index contributed by atoms with van der Waals surface area (Å²) in [6.45, 7) is 2.08. The highest BCUT2D eigenvalue weighted by Gasteiger charge is 2.31. The molecule has 1 fully saturated rings. The molecule has 1 aliphatic carbocycles. The van der Waals surface area contributed by atoms with Crippen LogP contribution in [0.15, 0.2) is 28.7 Å². The number of aromatic nitrogens is 1. The maximum atomic E-state index is 12.1. The number of aliphatic hydroxyl groups is 1. The van der Waals surface area contributed by atoms with Gasteiger partial charge in [0, 0.05) is 10.6 Å². The van der Waals surface area contributed by atoms with Crippen LogP contribution in [-0.4, -0.2) is 22.1 Å². The number of nitrogens with zero attached hydrogens (tertiary/aromatic N) is 1. The average Bonchev–Trinajstić information content (AvgIpc) is 3.12. The standard InChI is InChI=1S/C17H19ClN2O3/c1-10-16(11-5-7-12(18)8-6-11)23-15(20-10)9-19-17(22)13-3-2-4-14(13)21/h5-8,13-14,21H,2-4,9H2,1H3,(H,19,22). The van der Waals surface area contributed by atoms with Gasteiger partial charge in [0.2, 0.25) is 11.8 Å². The SMILES string of the molecule is Cc1nc(CNC(=O)C2CCCC2O)oc1-c1ccc(Cl)cc1. The van der Waals surface area contributed by atoms with Gasteiger partial charge in [-0.3, -0.25) is 4.79 Å². The van der Waals surface area contributed by atoms with Gasteiger partial charge in [0.1, 0.15) is 0 Å². The molecule has 3 rings (SSSR count). The lowest BCUT2D eigenvalue weighted by Gasteiger charge is -2.13. The molecule has 122 valence electrons. The number of amides is 1. The predicted octanol–water partition coefficient (Wildman–Crippen LogP) is 3.08. The molecule has 1 aliphatic rings. The molecule has 0 saturated heterocycles. The zero-order chi connectivity index (χ0) is 16.4. The summed E-state index contributed by atoms with van der Waals surface area (Å²) in [6, 6.07) is 7.32. The van der Waals surface area contributed by atoms with Crippen molar-refractivity contribution < 1.29 is 14.3 Å². The monoisotopic (exact) mass is 334 g/mol. The van der Waals surface area contributed by atoms with E-state index in [1.807, 2.05) is 19.1 Å². The smallest absolute Gasteiger partial charge is 0.226 e. The fourth-order valence-electron chi connectivity index (χ4n) is 2.94. The molecule has 1 heterocycles. The van der Waals surface area contributed by atoms with Crippen LogP contribution >= 0.6 is 11.6 Å². The Morgan fingerprint density at radius 2 is 2.13 bits per heavy atom. The van der Waals surface area contributed by atoms with Gasteiger partial charge in [0.05, 0.1) is 24.3 Å². The van der Waals surface area contributed by atoms with E-state index in [0.717, 1.165) is 24.1 Å². The zero-order valence-corrected chi connectivity index (χ0v) is 13.6. The Morgan fingerprint density at radius 1 is 1.39 bits per heavy atom. The van der Waals surface area contributed by atoms with Gasteiger partial charge in [-0.05, 0) is 50.5 Å². The second-order valence-corrected chi connectivity index (χ2v) is 6.29. The Labute approximate surface area is 139 Å². The van der Waals surface area contributed by atoms with Crippen LogP contribution in [0, 0.1) is 12.8 Å². The van der Waals surface area contributed by atoms with Gasteiger partial charge in [0.25, 0.3) is 0 Å². The molecule has 1 aromatic carbocycles. The fourth-order valence-corrected chi connectivity index (χ4v) is 3.06. The number of halogens is 1. The highest BCUT2D eigenvalue weighted by molar-refractivity contribution is 6.30. The quantitative estimate of drug-likeness (QED) is 0.901. The Kier molecular flexibility index (Phi) is 4.68. The van der Waals surface area contributed by atoms with Crippen LogP contribution in [-0.2, 0) is 11.3 Å². The topological polar surface area (TPSA) is 75.4 Å². The third-order valence-electron chi connectivity index (χ3n) is 4.18. The van der Waals surface area contributed by atoms with Crippen molar-refractivity contribution in [2.24, 2.45) is 5.92 Å². The van der Waals surface area contributed by atoms with Gasteiger partial charge in [-0.1, -0.05) is 11.6 Å². The summed E-state index contributed by atoms with van der Waals surface area (Å²) >= 11 is 5.89. The molecule has 5 nitrogen and oxygen atoms in total. The lowest BCUT2D eigenvalue weighted by atomic mass is 10.1. The number of benzene rings is 1. The highest BCUT2D eigenvalue weighted by Crippen LogP contribution is 2.27. The van der Waals surface area contributed by atoms with Crippen LogP contribution in [0.4, 0.5) is 0 Å². The number of carbonyl (C=O) groups excluding carboxylic acids is 1. The molecule has 23 heavy (non-hydrogen) atoms. The van der Waals surface area contributed by atoms with E-state index >= 15 is 0 Å². The summed E-state index contributed by atoms with van der Waals surface area (Å²) in [4.78, 5) is 16.4. The minimum atomic E-state index is -0.536. The highest BCUT2D eigenvalue weighted by atomic mass is 35.5. The van der Waals surface area contributed by atoms with Crippen LogP contribution in [0.3, 0.4) is 0 Å². The van der Waals surface area contributed by atoms with Crippen LogP contribution in [0.2, 0.25) is 5.02 Å². The number of aliphatic hydroxyl groups excluding tert-OH is 1. The van der Waals surface area contributed by atoms with Crippen LogP contribution in [0.1, 0.15) is 30.8 Å². The van der Waals surface area contributed by atoms with Crippen molar-refractivity contribution in [3.8, 4) is 11.3 Å². The van der Waals surface area contributed by atoms with Crippen molar-refractivity contribution in [2.45, 2.75) is 38.8 Å². The van der Waals surface area contributed by atoms with Gasteiger partial charge >= 0.3 is 0 Å². The van der Waals surface area contributed by atoms with Gasteiger partial charge in [-0.15, -0.1) is 0 Å². The van der Waals surface area contributed by atoms with Gasteiger partial charge in [-0.2, -0.15) is 0 Å². The van der Waals surface area contributed by atoms with E-state index in [2.05, 4.69) is 10.3 Å². The molecule has 1 saturated carbocycles. The summed E-state index contributed by atoms with van der Waals surface area (Å²) in [7, 11) is 0. The first-order valence-corrected chi connectivity index (χ1v) is 8.10. The normalized spacial score (nSPS) is 20.7. The van der Waals surface area contributed by atoms with Crippen LogP contribution < -0.4 is 5.32 Å². The zero-order valence-electron chi connectivity index (χ0n) is 12.9. The minimum absolute atomic E-state index is 0.140. The van der Waals surface area contributed by atoms with Gasteiger partial charge < -0.3 is 14.8 Å². The number of carbonyl (C=O) groups is 1. The first kappa shape index (κ1) is 16.0. The van der Waals surface area contributed by atoms with E-state index in [4.69, 9.17) is 16.0 Å². The van der Waals surface area contributed by atoms with E-state index in [0.29, 0.717) is 23.1 Å². The molecule has 1 amide bonds. The maximum absolute atomic E-state index is 12.1. The van der Waals surface area contributed by atoms with Crippen molar-refractivity contribution in [3.63, 3.8) is 0 Å². The van der Waals surface area contributed by atoms with E-state index < -0.39 is 6.10 Å². The molecule has 0 spiro atoms. The van der Waals surface area contributed by atoms with Crippen molar-refractivity contribution >= 4 is 17.5 Å². The Balaban J connectivity index is 1.66. The molecular formula is C17H19ClN2O3. The van der Waals surface area contributed by atoms with Crippen LogP contribution in [0.5, 0.6) is 0 Å². The molecule has 2 N–H and O–H groups in total. The van der Waals surface area contributed by atoms with Crippen molar-refractivity contribution in [2.75, 3.05) is 0 Å². The lowest BCUT2D eigenvalue weighted by molar-refractivity contribution is -0.127. The number of hydrogen-bond donors (Lipinski definition) is 2. The van der Waals surface area contributed by atoms with Gasteiger partial charge in [0.15, 0.2) is 5.76 Å². The molecule has 0 bridgehead atoms. The Hall–Kier alpha value is -1.85. The second kappa shape index (κ2) is 6.72. The summed E-state index contributed by atoms with van der Waals surface area (Å²) in [5.74, 6) is 0.667. The predicted molar refractivity (Wildman–Crippen MR) is 86.9 cm³/mol. The number of hydrogen-bond acceptors (Lipinski definition) is 4. The minimum Gasteiger partial charge on any atom is -0.438 e. The summed E-state index contributed by atoms with van der Waals surface area (Å²) < 4.78 is 5.75. The molecule has 0 aliphatic heterocycles. The molecule has 2 unspecified atom stereocenters. The van der Waals surface area contributed by atoms with Crippen molar-refractivity contribution in [1.82, 2.24) is 10.3 Å². The van der Waals surface area contributed by atoms with Crippen LogP contribution in [0.25, 0.3) is 11.3 Å². The molecular weight excluding hydrogens is 316 g/mol. The Morgan fingerprint density at radius 3 is 2.78 bits per heavy atom. The van der Waals surface area contributed by atoms with Gasteiger partial charge in [-0.25, -0.2) is 4.98 Å². The van der Waals surface area contributed by atoms with E-state index in [1.165, 1.54) is 0 Å². The average molecular weight is 335 g/mol. The Bertz CT molecular complexity index is 696.